The van der Waals surface area contributed by atoms with Gasteiger partial charge in [-0.25, -0.2) is 4.98 Å². The Morgan fingerprint density at radius 1 is 1.19 bits per heavy atom. The highest BCUT2D eigenvalue weighted by molar-refractivity contribution is 7.13. The van der Waals surface area contributed by atoms with E-state index in [1.54, 1.807) is 36.6 Å². The van der Waals surface area contributed by atoms with Gasteiger partial charge in [0.2, 0.25) is 5.91 Å². The maximum atomic E-state index is 12.2. The maximum Gasteiger partial charge on any atom is 0.251 e. The summed E-state index contributed by atoms with van der Waals surface area (Å²) in [5.74, 6) is 0.469. The fourth-order valence-electron chi connectivity index (χ4n) is 2.47. The lowest BCUT2D eigenvalue weighted by atomic mass is 10.2. The van der Waals surface area contributed by atoms with Crippen molar-refractivity contribution in [1.82, 2.24) is 10.3 Å². The highest BCUT2D eigenvalue weighted by Gasteiger charge is 2.23. The van der Waals surface area contributed by atoms with Crippen LogP contribution in [0.15, 0.2) is 52.5 Å². The van der Waals surface area contributed by atoms with Crippen LogP contribution < -0.4 is 10.6 Å². The first-order valence-electron chi connectivity index (χ1n) is 8.36. The van der Waals surface area contributed by atoms with Gasteiger partial charge in [-0.05, 0) is 49.2 Å². The lowest BCUT2D eigenvalue weighted by Crippen LogP contribution is -2.25. The van der Waals surface area contributed by atoms with Crippen LogP contribution in [0.1, 0.15) is 28.9 Å². The Morgan fingerprint density at radius 3 is 2.69 bits per heavy atom. The van der Waals surface area contributed by atoms with Gasteiger partial charge >= 0.3 is 0 Å². The first kappa shape index (κ1) is 16.5. The van der Waals surface area contributed by atoms with Crippen molar-refractivity contribution in [2.45, 2.75) is 25.3 Å². The third-order valence-electron chi connectivity index (χ3n) is 3.97. The van der Waals surface area contributed by atoms with Gasteiger partial charge in [0.1, 0.15) is 0 Å². The zero-order valence-electron chi connectivity index (χ0n) is 13.9. The molecule has 2 N–H and O–H groups in total. The molecule has 1 aromatic carbocycles. The normalized spacial score (nSPS) is 13.4. The van der Waals surface area contributed by atoms with Crippen LogP contribution in [-0.2, 0) is 11.2 Å². The fourth-order valence-corrected chi connectivity index (χ4v) is 3.26. The van der Waals surface area contributed by atoms with Gasteiger partial charge in [0.15, 0.2) is 10.8 Å². The van der Waals surface area contributed by atoms with Gasteiger partial charge in [0.25, 0.3) is 5.91 Å². The number of aromatic nitrogens is 1. The number of thiazole rings is 1. The van der Waals surface area contributed by atoms with Crippen LogP contribution in [0.25, 0.3) is 10.8 Å². The van der Waals surface area contributed by atoms with Gasteiger partial charge in [0, 0.05) is 22.7 Å². The minimum absolute atomic E-state index is 0.0710. The molecule has 0 bridgehead atoms. The summed E-state index contributed by atoms with van der Waals surface area (Å²) in [6.07, 6.45) is 3.88. The molecule has 4 rings (SSSR count). The topological polar surface area (TPSA) is 84.2 Å². The third-order valence-corrected chi connectivity index (χ3v) is 4.87. The summed E-state index contributed by atoms with van der Waals surface area (Å²) >= 11 is 1.44. The molecule has 2 amide bonds. The molecule has 6 nitrogen and oxygen atoms in total. The lowest BCUT2D eigenvalue weighted by Gasteiger charge is -2.06. The summed E-state index contributed by atoms with van der Waals surface area (Å²) in [4.78, 5) is 28.6. The van der Waals surface area contributed by atoms with E-state index in [9.17, 15) is 9.59 Å². The average Bonchev–Trinajstić information content (AvgIpc) is 3.10. The van der Waals surface area contributed by atoms with E-state index in [2.05, 4.69) is 15.6 Å². The molecule has 3 aromatic rings. The summed E-state index contributed by atoms with van der Waals surface area (Å²) < 4.78 is 5.31. The van der Waals surface area contributed by atoms with Crippen molar-refractivity contribution in [3.63, 3.8) is 0 Å². The van der Waals surface area contributed by atoms with Crippen molar-refractivity contribution in [1.29, 1.82) is 0 Å². The van der Waals surface area contributed by atoms with Crippen molar-refractivity contribution in [2.24, 2.45) is 0 Å². The van der Waals surface area contributed by atoms with Crippen LogP contribution in [-0.4, -0.2) is 22.8 Å². The number of furan rings is 1. The van der Waals surface area contributed by atoms with Gasteiger partial charge in [-0.1, -0.05) is 0 Å². The number of nitrogens with zero attached hydrogens (tertiary/aromatic N) is 1. The van der Waals surface area contributed by atoms with E-state index < -0.39 is 0 Å². The molecule has 1 aliphatic rings. The summed E-state index contributed by atoms with van der Waals surface area (Å²) in [5, 5.41) is 8.36. The van der Waals surface area contributed by atoms with Crippen molar-refractivity contribution >= 4 is 28.8 Å². The Labute approximate surface area is 154 Å². The van der Waals surface area contributed by atoms with Crippen LogP contribution in [0.5, 0.6) is 0 Å². The van der Waals surface area contributed by atoms with E-state index in [1.165, 1.54) is 11.3 Å². The van der Waals surface area contributed by atoms with Crippen LogP contribution in [0.3, 0.4) is 0 Å². The number of carbonyl (C=O) groups excluding carboxylic acids is 2. The average molecular weight is 367 g/mol. The van der Waals surface area contributed by atoms with E-state index in [1.807, 2.05) is 11.4 Å². The Kier molecular flexibility index (Phi) is 4.53. The second-order valence-corrected chi connectivity index (χ2v) is 7.03. The standard InChI is InChI=1S/C19H17N3O3S/c23-17(10-15-11-26-19(22-15)16-2-1-9-25-16)20-13-5-3-12(4-6-13)18(24)21-14-7-8-14/h1-6,9,11,14H,7-8,10H2,(H,20,23)(H,21,24). The molecular weight excluding hydrogens is 350 g/mol. The summed E-state index contributed by atoms with van der Waals surface area (Å²) in [7, 11) is 0. The molecular formula is C19H17N3O3S. The van der Waals surface area contributed by atoms with Crippen molar-refractivity contribution < 1.29 is 14.0 Å². The van der Waals surface area contributed by atoms with Crippen LogP contribution in [0.2, 0.25) is 0 Å². The monoisotopic (exact) mass is 367 g/mol. The molecule has 0 spiro atoms. The summed E-state index contributed by atoms with van der Waals surface area (Å²) in [5.41, 5.74) is 1.94. The third kappa shape index (κ3) is 4.00. The number of anilines is 1. The minimum Gasteiger partial charge on any atom is -0.462 e. The maximum absolute atomic E-state index is 12.2. The highest BCUT2D eigenvalue weighted by atomic mass is 32.1. The highest BCUT2D eigenvalue weighted by Crippen LogP contribution is 2.24. The predicted octanol–water partition coefficient (Wildman–Crippen LogP) is 3.48. The Balaban J connectivity index is 1.33. The Bertz CT molecular complexity index is 912. The lowest BCUT2D eigenvalue weighted by molar-refractivity contribution is -0.115. The van der Waals surface area contributed by atoms with E-state index in [0.29, 0.717) is 28.7 Å². The van der Waals surface area contributed by atoms with Crippen molar-refractivity contribution in [3.8, 4) is 10.8 Å². The molecule has 0 atom stereocenters. The number of hydrogen-bond acceptors (Lipinski definition) is 5. The molecule has 0 unspecified atom stereocenters. The Morgan fingerprint density at radius 2 is 2.00 bits per heavy atom. The van der Waals surface area contributed by atoms with Gasteiger partial charge < -0.3 is 15.1 Å². The first-order chi connectivity index (χ1) is 12.7. The predicted molar refractivity (Wildman–Crippen MR) is 99.1 cm³/mol. The molecule has 7 heteroatoms. The first-order valence-corrected chi connectivity index (χ1v) is 9.24. The van der Waals surface area contributed by atoms with Crippen LogP contribution in [0, 0.1) is 0 Å². The summed E-state index contributed by atoms with van der Waals surface area (Å²) in [6.45, 7) is 0. The van der Waals surface area contributed by atoms with Gasteiger partial charge in [-0.15, -0.1) is 11.3 Å². The molecule has 1 aliphatic carbocycles. The number of carbonyl (C=O) groups is 2. The quantitative estimate of drug-likeness (QED) is 0.699. The van der Waals surface area contributed by atoms with Crippen molar-refractivity contribution in [3.05, 3.63) is 59.3 Å². The number of benzene rings is 1. The Hall–Kier alpha value is -2.93. The molecule has 0 aliphatic heterocycles. The second-order valence-electron chi connectivity index (χ2n) is 6.17. The molecule has 26 heavy (non-hydrogen) atoms. The number of rotatable bonds is 6. The molecule has 0 saturated heterocycles. The van der Waals surface area contributed by atoms with E-state index in [0.717, 1.165) is 17.8 Å². The van der Waals surface area contributed by atoms with Crippen molar-refractivity contribution in [2.75, 3.05) is 5.32 Å². The largest absolute Gasteiger partial charge is 0.462 e. The number of hydrogen-bond donors (Lipinski definition) is 2. The molecule has 1 fully saturated rings. The number of amides is 2. The van der Waals surface area contributed by atoms with Crippen LogP contribution >= 0.6 is 11.3 Å². The van der Waals surface area contributed by atoms with E-state index in [4.69, 9.17) is 4.42 Å². The van der Waals surface area contributed by atoms with Crippen LogP contribution in [0.4, 0.5) is 5.69 Å². The zero-order chi connectivity index (χ0) is 17.9. The number of nitrogens with one attached hydrogen (secondary N) is 2. The smallest absolute Gasteiger partial charge is 0.251 e. The van der Waals surface area contributed by atoms with Gasteiger partial charge in [0.05, 0.1) is 18.4 Å². The summed E-state index contributed by atoms with van der Waals surface area (Å²) in [6, 6.07) is 10.9. The fraction of sp³-hybridized carbons (Fsp3) is 0.211. The minimum atomic E-state index is -0.156. The zero-order valence-corrected chi connectivity index (χ0v) is 14.7. The van der Waals surface area contributed by atoms with Gasteiger partial charge in [-0.2, -0.15) is 0 Å². The molecule has 2 aromatic heterocycles. The molecule has 0 radical (unpaired) electrons. The molecule has 132 valence electrons. The van der Waals surface area contributed by atoms with E-state index in [-0.39, 0.29) is 18.2 Å². The van der Waals surface area contributed by atoms with E-state index >= 15 is 0 Å². The SMILES string of the molecule is O=C(Cc1csc(-c2ccco2)n1)Nc1ccc(C(=O)NC2CC2)cc1. The second kappa shape index (κ2) is 7.13. The molecule has 1 saturated carbocycles. The van der Waals surface area contributed by atoms with Gasteiger partial charge in [-0.3, -0.25) is 9.59 Å². The molecule has 2 heterocycles.